The highest BCUT2D eigenvalue weighted by Crippen LogP contribution is 2.23. The highest BCUT2D eigenvalue weighted by Gasteiger charge is 2.12. The van der Waals surface area contributed by atoms with Crippen LogP contribution in [0.3, 0.4) is 0 Å². The number of carbonyl (C=O) groups excluding carboxylic acids is 1. The average Bonchev–Trinajstić information content (AvgIpc) is 3.24. The Balaban J connectivity index is 1.70. The normalized spacial score (nSPS) is 10.8. The first kappa shape index (κ1) is 13.7. The summed E-state index contributed by atoms with van der Waals surface area (Å²) in [5.74, 6) is 0.0696. The third-order valence-corrected chi connectivity index (χ3v) is 4.12. The molecule has 5 nitrogen and oxygen atoms in total. The van der Waals surface area contributed by atoms with Crippen molar-refractivity contribution in [2.24, 2.45) is 0 Å². The Hall–Kier alpha value is -2.99. The van der Waals surface area contributed by atoms with Crippen LogP contribution in [0.2, 0.25) is 0 Å². The fourth-order valence-corrected chi connectivity index (χ4v) is 3.00. The van der Waals surface area contributed by atoms with Gasteiger partial charge in [0.1, 0.15) is 0 Å². The van der Waals surface area contributed by atoms with Gasteiger partial charge in [0, 0.05) is 16.5 Å². The van der Waals surface area contributed by atoms with Crippen LogP contribution in [0.25, 0.3) is 16.9 Å². The molecular formula is C17H12N4OS. The second kappa shape index (κ2) is 5.66. The largest absolute Gasteiger partial charge is 0.289 e. The van der Waals surface area contributed by atoms with Crippen molar-refractivity contribution in [3.05, 3.63) is 70.9 Å². The molecule has 23 heavy (non-hydrogen) atoms. The van der Waals surface area contributed by atoms with Gasteiger partial charge in [-0.3, -0.25) is 10.1 Å². The third kappa shape index (κ3) is 2.60. The first-order valence-corrected chi connectivity index (χ1v) is 8.00. The van der Waals surface area contributed by atoms with E-state index in [1.807, 2.05) is 47.8 Å². The summed E-state index contributed by atoms with van der Waals surface area (Å²) in [5.41, 5.74) is 3.28. The van der Waals surface area contributed by atoms with Crippen LogP contribution >= 0.6 is 11.3 Å². The van der Waals surface area contributed by atoms with E-state index in [0.717, 1.165) is 11.3 Å². The zero-order chi connectivity index (χ0) is 15.6. The number of aromatic nitrogens is 3. The molecule has 0 atom stereocenters. The minimum absolute atomic E-state index is 0.224. The number of pyridine rings is 1. The molecule has 0 fully saturated rings. The number of carbonyl (C=O) groups is 1. The van der Waals surface area contributed by atoms with Gasteiger partial charge in [-0.1, -0.05) is 24.3 Å². The second-order valence-electron chi connectivity index (χ2n) is 4.95. The van der Waals surface area contributed by atoms with E-state index in [-0.39, 0.29) is 5.91 Å². The molecule has 0 saturated heterocycles. The number of benzene rings is 1. The van der Waals surface area contributed by atoms with Crippen molar-refractivity contribution in [1.29, 1.82) is 0 Å². The second-order valence-corrected chi connectivity index (χ2v) is 5.73. The van der Waals surface area contributed by atoms with E-state index >= 15 is 0 Å². The van der Waals surface area contributed by atoms with E-state index in [2.05, 4.69) is 20.8 Å². The smallest absolute Gasteiger partial charge is 0.258 e. The SMILES string of the molecule is O=C(Nc1nc2cccc(-c3ccsc3)n2n1)c1ccccc1. The molecule has 6 heteroatoms. The number of thiophene rings is 1. The minimum atomic E-state index is -0.224. The van der Waals surface area contributed by atoms with E-state index in [0.29, 0.717) is 17.2 Å². The summed E-state index contributed by atoms with van der Waals surface area (Å²) in [6, 6.07) is 16.8. The highest BCUT2D eigenvalue weighted by atomic mass is 32.1. The van der Waals surface area contributed by atoms with Gasteiger partial charge >= 0.3 is 0 Å². The van der Waals surface area contributed by atoms with Crippen LogP contribution in [0.4, 0.5) is 5.95 Å². The molecular weight excluding hydrogens is 308 g/mol. The molecule has 3 heterocycles. The van der Waals surface area contributed by atoms with Crippen LogP contribution in [0.1, 0.15) is 10.4 Å². The standard InChI is InChI=1S/C17H12N4OS/c22-16(12-5-2-1-3-6-12)19-17-18-15-8-4-7-14(21(15)20-17)13-9-10-23-11-13/h1-11H,(H,19,20,22). The third-order valence-electron chi connectivity index (χ3n) is 3.44. The summed E-state index contributed by atoms with van der Waals surface area (Å²) < 4.78 is 1.74. The number of nitrogens with zero attached hydrogens (tertiary/aromatic N) is 3. The van der Waals surface area contributed by atoms with Crippen molar-refractivity contribution >= 4 is 28.8 Å². The van der Waals surface area contributed by atoms with Crippen LogP contribution in [0, 0.1) is 0 Å². The molecule has 0 radical (unpaired) electrons. The zero-order valence-corrected chi connectivity index (χ0v) is 12.8. The summed E-state index contributed by atoms with van der Waals surface area (Å²) >= 11 is 1.63. The molecule has 0 saturated carbocycles. The van der Waals surface area contributed by atoms with Gasteiger partial charge in [0.25, 0.3) is 5.91 Å². The Morgan fingerprint density at radius 2 is 1.91 bits per heavy atom. The summed E-state index contributed by atoms with van der Waals surface area (Å²) in [4.78, 5) is 16.6. The number of anilines is 1. The summed E-state index contributed by atoms with van der Waals surface area (Å²) in [6.45, 7) is 0. The predicted octanol–water partition coefficient (Wildman–Crippen LogP) is 3.71. The van der Waals surface area contributed by atoms with E-state index < -0.39 is 0 Å². The van der Waals surface area contributed by atoms with Crippen molar-refractivity contribution in [2.75, 3.05) is 5.32 Å². The fraction of sp³-hybridized carbons (Fsp3) is 0. The molecule has 0 aliphatic rings. The van der Waals surface area contributed by atoms with Gasteiger partial charge < -0.3 is 0 Å². The van der Waals surface area contributed by atoms with Crippen molar-refractivity contribution in [1.82, 2.24) is 14.6 Å². The molecule has 0 unspecified atom stereocenters. The topological polar surface area (TPSA) is 59.3 Å². The van der Waals surface area contributed by atoms with E-state index in [9.17, 15) is 4.79 Å². The van der Waals surface area contributed by atoms with Crippen molar-refractivity contribution < 1.29 is 4.79 Å². The Labute approximate surface area is 136 Å². The molecule has 0 spiro atoms. The maximum atomic E-state index is 12.2. The van der Waals surface area contributed by atoms with Gasteiger partial charge in [-0.05, 0) is 35.7 Å². The fourth-order valence-electron chi connectivity index (χ4n) is 2.35. The lowest BCUT2D eigenvalue weighted by Gasteiger charge is -2.01. The van der Waals surface area contributed by atoms with Crippen LogP contribution in [-0.2, 0) is 0 Å². The molecule has 0 bridgehead atoms. The van der Waals surface area contributed by atoms with Gasteiger partial charge in [-0.25, -0.2) is 4.52 Å². The molecule has 112 valence electrons. The Bertz CT molecular complexity index is 961. The lowest BCUT2D eigenvalue weighted by molar-refractivity contribution is 0.102. The number of fused-ring (bicyclic) bond motifs is 1. The number of amides is 1. The van der Waals surface area contributed by atoms with Crippen LogP contribution in [-0.4, -0.2) is 20.5 Å². The van der Waals surface area contributed by atoms with E-state index in [4.69, 9.17) is 0 Å². The van der Waals surface area contributed by atoms with Crippen LogP contribution in [0.5, 0.6) is 0 Å². The maximum absolute atomic E-state index is 12.2. The van der Waals surface area contributed by atoms with Crippen molar-refractivity contribution in [3.63, 3.8) is 0 Å². The van der Waals surface area contributed by atoms with Gasteiger partial charge in [0.05, 0.1) is 5.69 Å². The number of nitrogens with one attached hydrogen (secondary N) is 1. The van der Waals surface area contributed by atoms with E-state index in [1.165, 1.54) is 0 Å². The van der Waals surface area contributed by atoms with Gasteiger partial charge in [0.2, 0.25) is 5.95 Å². The lowest BCUT2D eigenvalue weighted by Crippen LogP contribution is -2.12. The summed E-state index contributed by atoms with van der Waals surface area (Å²) in [7, 11) is 0. The van der Waals surface area contributed by atoms with Crippen LogP contribution in [0.15, 0.2) is 65.4 Å². The minimum Gasteiger partial charge on any atom is -0.289 e. The molecule has 1 amide bonds. The van der Waals surface area contributed by atoms with Gasteiger partial charge in [0.15, 0.2) is 5.65 Å². The molecule has 4 rings (SSSR count). The number of hydrogen-bond acceptors (Lipinski definition) is 4. The maximum Gasteiger partial charge on any atom is 0.258 e. The average molecular weight is 320 g/mol. The summed E-state index contributed by atoms with van der Waals surface area (Å²) in [6.07, 6.45) is 0. The molecule has 4 aromatic rings. The molecule has 0 aliphatic heterocycles. The van der Waals surface area contributed by atoms with Crippen molar-refractivity contribution in [3.8, 4) is 11.3 Å². The Kier molecular flexibility index (Phi) is 3.36. The van der Waals surface area contributed by atoms with Gasteiger partial charge in [-0.2, -0.15) is 16.3 Å². The number of hydrogen-bond donors (Lipinski definition) is 1. The molecule has 0 aliphatic carbocycles. The molecule has 3 aromatic heterocycles. The first-order chi connectivity index (χ1) is 11.3. The van der Waals surface area contributed by atoms with E-state index in [1.54, 1.807) is 28.0 Å². The predicted molar refractivity (Wildman–Crippen MR) is 90.7 cm³/mol. The molecule has 1 N–H and O–H groups in total. The Morgan fingerprint density at radius 3 is 2.70 bits per heavy atom. The summed E-state index contributed by atoms with van der Waals surface area (Å²) in [5, 5.41) is 11.2. The first-order valence-electron chi connectivity index (χ1n) is 7.06. The van der Waals surface area contributed by atoms with Gasteiger partial charge in [-0.15, -0.1) is 5.10 Å². The monoisotopic (exact) mass is 320 g/mol. The Morgan fingerprint density at radius 1 is 1.04 bits per heavy atom. The van der Waals surface area contributed by atoms with Crippen LogP contribution < -0.4 is 5.32 Å². The quantitative estimate of drug-likeness (QED) is 0.626. The zero-order valence-electron chi connectivity index (χ0n) is 12.0. The lowest BCUT2D eigenvalue weighted by atomic mass is 10.2. The molecule has 1 aromatic carbocycles. The number of rotatable bonds is 3. The van der Waals surface area contributed by atoms with Crippen molar-refractivity contribution in [2.45, 2.75) is 0 Å². The highest BCUT2D eigenvalue weighted by molar-refractivity contribution is 7.08.